The van der Waals surface area contributed by atoms with Crippen LogP contribution in [-0.4, -0.2) is 44.6 Å². The molecule has 0 atom stereocenters. The average molecular weight is 466 g/mol. The van der Waals surface area contributed by atoms with Crippen molar-refractivity contribution in [1.29, 1.82) is 5.26 Å². The van der Waals surface area contributed by atoms with Crippen molar-refractivity contribution in [3.63, 3.8) is 0 Å². The zero-order chi connectivity index (χ0) is 23.8. The molecule has 3 N–H and O–H groups in total. The number of nitrogens with one attached hydrogen (secondary N) is 1. The van der Waals surface area contributed by atoms with Gasteiger partial charge in [-0.25, -0.2) is 28.1 Å². The number of hydrogen-bond donors (Lipinski definition) is 2. The van der Waals surface area contributed by atoms with Crippen LogP contribution < -0.4 is 25.5 Å². The molecule has 1 aliphatic rings. The second-order valence-electron chi connectivity index (χ2n) is 6.90. The van der Waals surface area contributed by atoms with Gasteiger partial charge < -0.3 is 14.8 Å². The Morgan fingerprint density at radius 3 is 2.45 bits per heavy atom. The van der Waals surface area contributed by atoms with Crippen molar-refractivity contribution < 1.29 is 22.7 Å². The minimum atomic E-state index is -3.86. The Morgan fingerprint density at radius 1 is 1.15 bits per heavy atom. The van der Waals surface area contributed by atoms with Crippen LogP contribution in [0.4, 0.5) is 11.5 Å². The van der Waals surface area contributed by atoms with Crippen LogP contribution in [0.5, 0.6) is 11.5 Å². The summed E-state index contributed by atoms with van der Waals surface area (Å²) in [5, 5.41) is 17.9. The van der Waals surface area contributed by atoms with Crippen LogP contribution in [0.3, 0.4) is 0 Å². The maximum atomic E-state index is 12.5. The molecule has 0 saturated carbocycles. The molecule has 0 radical (unpaired) electrons. The number of methoxy groups -OCH3 is 2. The van der Waals surface area contributed by atoms with Gasteiger partial charge >= 0.3 is 0 Å². The smallest absolute Gasteiger partial charge is 0.254 e. The van der Waals surface area contributed by atoms with Gasteiger partial charge in [0.15, 0.2) is 11.5 Å². The van der Waals surface area contributed by atoms with E-state index in [9.17, 15) is 18.5 Å². The van der Waals surface area contributed by atoms with E-state index in [0.717, 1.165) is 0 Å². The molecule has 0 spiro atoms. The van der Waals surface area contributed by atoms with Crippen molar-refractivity contribution in [2.75, 3.05) is 26.1 Å². The molecule has 4 rings (SSSR count). The molecule has 12 heteroatoms. The standard InChI is InChI=1S/C21H18N6O5S/c1-31-16-8-3-12(9-17(16)32-2)19-15(10-22)20-24-11-18(28)27(20)21(26-19)25-13-4-6-14(7-5-13)33(23,29)30/h3-9,24H,11H2,1-2H3,(H2,23,29,30). The number of carbonyl (C=O) groups excluding carboxylic acids is 1. The molecule has 11 nitrogen and oxygen atoms in total. The minimum Gasteiger partial charge on any atom is -0.493 e. The molecule has 2 aromatic carbocycles. The number of fused-ring (bicyclic) bond motifs is 1. The van der Waals surface area contributed by atoms with Crippen molar-refractivity contribution in [3.8, 4) is 28.8 Å². The van der Waals surface area contributed by atoms with E-state index >= 15 is 0 Å². The summed E-state index contributed by atoms with van der Waals surface area (Å²) >= 11 is 0. The lowest BCUT2D eigenvalue weighted by atomic mass is 10.1. The topological polar surface area (TPSA) is 162 Å². The third-order valence-corrected chi connectivity index (χ3v) is 5.86. The number of nitrogens with two attached hydrogens (primary N) is 1. The Kier molecular flexibility index (Phi) is 5.59. The van der Waals surface area contributed by atoms with E-state index in [1.165, 1.54) is 43.1 Å². The number of anilines is 1. The Labute approximate surface area is 188 Å². The SMILES string of the molecule is COc1ccc(-c2nc(=Nc3ccc(S(N)(=O)=O)cc3)n3c(c2C#N)NCC3=O)cc1OC. The lowest BCUT2D eigenvalue weighted by Crippen LogP contribution is -2.28. The van der Waals surface area contributed by atoms with Crippen molar-refractivity contribution >= 4 is 27.4 Å². The Bertz CT molecular complexity index is 1490. The van der Waals surface area contributed by atoms with E-state index < -0.39 is 10.0 Å². The van der Waals surface area contributed by atoms with Crippen molar-refractivity contribution in [3.05, 3.63) is 53.6 Å². The van der Waals surface area contributed by atoms with Crippen molar-refractivity contribution in [2.45, 2.75) is 4.90 Å². The van der Waals surface area contributed by atoms with Gasteiger partial charge in [-0.1, -0.05) is 0 Å². The van der Waals surface area contributed by atoms with Gasteiger partial charge in [-0.15, -0.1) is 0 Å². The summed E-state index contributed by atoms with van der Waals surface area (Å²) in [6.45, 7) is -0.0291. The fourth-order valence-corrected chi connectivity index (χ4v) is 3.89. The van der Waals surface area contributed by atoms with E-state index in [1.807, 2.05) is 0 Å². The summed E-state index contributed by atoms with van der Waals surface area (Å²) in [5.41, 5.74) is 1.36. The predicted octanol–water partition coefficient (Wildman–Crippen LogP) is 1.38. The van der Waals surface area contributed by atoms with Gasteiger partial charge in [-0.05, 0) is 42.5 Å². The summed E-state index contributed by atoms with van der Waals surface area (Å²) in [4.78, 5) is 21.4. The zero-order valence-electron chi connectivity index (χ0n) is 17.6. The highest BCUT2D eigenvalue weighted by Gasteiger charge is 2.27. The van der Waals surface area contributed by atoms with Crippen LogP contribution in [0.15, 0.2) is 52.4 Å². The first-order valence-electron chi connectivity index (χ1n) is 9.51. The molecule has 168 valence electrons. The predicted molar refractivity (Wildman–Crippen MR) is 118 cm³/mol. The molecule has 2 heterocycles. The highest BCUT2D eigenvalue weighted by atomic mass is 32.2. The number of carbonyl (C=O) groups is 1. The Balaban J connectivity index is 1.96. The maximum Gasteiger partial charge on any atom is 0.254 e. The number of hydrogen-bond acceptors (Lipinski definition) is 9. The quantitative estimate of drug-likeness (QED) is 0.570. The maximum absolute atomic E-state index is 12.5. The Morgan fingerprint density at radius 2 is 1.85 bits per heavy atom. The second-order valence-corrected chi connectivity index (χ2v) is 8.46. The molecule has 33 heavy (non-hydrogen) atoms. The van der Waals surface area contributed by atoms with Crippen LogP contribution in [-0.2, 0) is 10.0 Å². The highest BCUT2D eigenvalue weighted by molar-refractivity contribution is 7.89. The first-order chi connectivity index (χ1) is 15.8. The van der Waals surface area contributed by atoms with Crippen LogP contribution in [0.1, 0.15) is 10.4 Å². The summed E-state index contributed by atoms with van der Waals surface area (Å²) in [6, 6.07) is 12.6. The van der Waals surface area contributed by atoms with Gasteiger partial charge in [0.25, 0.3) is 5.91 Å². The molecule has 0 fully saturated rings. The number of ether oxygens (including phenoxy) is 2. The van der Waals surface area contributed by atoms with E-state index in [-0.39, 0.29) is 40.0 Å². The third-order valence-electron chi connectivity index (χ3n) is 4.93. The van der Waals surface area contributed by atoms with Gasteiger partial charge in [-0.2, -0.15) is 5.26 Å². The summed E-state index contributed by atoms with van der Waals surface area (Å²) < 4.78 is 34.8. The number of primary sulfonamides is 1. The minimum absolute atomic E-state index is 0.0205. The molecule has 0 unspecified atom stereocenters. The molecule has 1 aromatic heterocycles. The van der Waals surface area contributed by atoms with E-state index in [2.05, 4.69) is 21.4 Å². The summed E-state index contributed by atoms with van der Waals surface area (Å²) in [5.74, 6) is 0.869. The molecule has 0 saturated heterocycles. The monoisotopic (exact) mass is 466 g/mol. The van der Waals surface area contributed by atoms with Gasteiger partial charge in [0.1, 0.15) is 17.5 Å². The molecule has 0 aliphatic carbocycles. The van der Waals surface area contributed by atoms with E-state index in [4.69, 9.17) is 14.6 Å². The molecule has 1 aliphatic heterocycles. The van der Waals surface area contributed by atoms with Crippen molar-refractivity contribution in [1.82, 2.24) is 9.55 Å². The number of rotatable bonds is 5. The number of nitrogens with zero attached hydrogens (tertiary/aromatic N) is 4. The van der Waals surface area contributed by atoms with E-state index in [1.54, 1.807) is 18.2 Å². The van der Waals surface area contributed by atoms with Crippen LogP contribution in [0.2, 0.25) is 0 Å². The second kappa shape index (κ2) is 8.38. The van der Waals surface area contributed by atoms with Gasteiger partial charge in [0.2, 0.25) is 15.6 Å². The fourth-order valence-electron chi connectivity index (χ4n) is 3.37. The molecular formula is C21H18N6O5S. The van der Waals surface area contributed by atoms with Crippen LogP contribution >= 0.6 is 0 Å². The first-order valence-corrected chi connectivity index (χ1v) is 11.1. The van der Waals surface area contributed by atoms with Gasteiger partial charge in [0, 0.05) is 5.56 Å². The number of benzene rings is 2. The van der Waals surface area contributed by atoms with Crippen LogP contribution in [0.25, 0.3) is 11.3 Å². The molecule has 0 amide bonds. The molecular weight excluding hydrogens is 448 g/mol. The number of nitriles is 1. The van der Waals surface area contributed by atoms with Gasteiger partial charge in [-0.3, -0.25) is 4.79 Å². The largest absolute Gasteiger partial charge is 0.493 e. The lowest BCUT2D eigenvalue weighted by molar-refractivity contribution is 0.0938. The summed E-state index contributed by atoms with van der Waals surface area (Å²) in [7, 11) is -0.858. The summed E-state index contributed by atoms with van der Waals surface area (Å²) in [6.07, 6.45) is 0. The fraction of sp³-hybridized carbons (Fsp3) is 0.143. The van der Waals surface area contributed by atoms with E-state index in [0.29, 0.717) is 22.7 Å². The van der Waals surface area contributed by atoms with Gasteiger partial charge in [0.05, 0.1) is 37.0 Å². The Hall–Kier alpha value is -4.21. The molecule has 3 aromatic rings. The average Bonchev–Trinajstić information content (AvgIpc) is 3.20. The van der Waals surface area contributed by atoms with Crippen LogP contribution in [0, 0.1) is 11.3 Å². The van der Waals surface area contributed by atoms with Crippen molar-refractivity contribution in [2.24, 2.45) is 10.1 Å². The zero-order valence-corrected chi connectivity index (χ0v) is 18.4. The number of aromatic nitrogens is 2. The normalized spacial score (nSPS) is 13.3. The molecule has 0 bridgehead atoms. The highest BCUT2D eigenvalue weighted by Crippen LogP contribution is 2.34. The number of sulfonamides is 1. The third kappa shape index (κ3) is 4.02. The first kappa shape index (κ1) is 22.0. The lowest BCUT2D eigenvalue weighted by Gasteiger charge is -2.12.